The first-order valence-corrected chi connectivity index (χ1v) is 12.5. The molecule has 2 aliphatic heterocycles. The highest BCUT2D eigenvalue weighted by atomic mass is 35.5. The van der Waals surface area contributed by atoms with Gasteiger partial charge >= 0.3 is 0 Å². The summed E-state index contributed by atoms with van der Waals surface area (Å²) < 4.78 is 0. The van der Waals surface area contributed by atoms with Gasteiger partial charge in [0.25, 0.3) is 0 Å². The number of ketones is 1. The van der Waals surface area contributed by atoms with Crippen LogP contribution < -0.4 is 10.6 Å². The Balaban J connectivity index is 1.62. The van der Waals surface area contributed by atoms with Crippen LogP contribution in [0.1, 0.15) is 44.6 Å². The van der Waals surface area contributed by atoms with Gasteiger partial charge in [-0.25, -0.2) is 0 Å². The lowest BCUT2D eigenvalue weighted by Crippen LogP contribution is -2.50. The molecule has 1 fully saturated rings. The van der Waals surface area contributed by atoms with Crippen LogP contribution in [0.3, 0.4) is 0 Å². The number of carbonyl (C=O) groups excluding carboxylic acids is 2. The van der Waals surface area contributed by atoms with E-state index in [1.807, 2.05) is 49.4 Å². The quantitative estimate of drug-likeness (QED) is 0.323. The molecule has 4 atom stereocenters. The maximum Gasteiger partial charge on any atom is 0.250 e. The van der Waals surface area contributed by atoms with Crippen LogP contribution in [0.4, 0.5) is 5.69 Å². The van der Waals surface area contributed by atoms with Crippen molar-refractivity contribution in [3.05, 3.63) is 136 Å². The second-order valence-electron chi connectivity index (χ2n) is 9.63. The fourth-order valence-corrected chi connectivity index (χ4v) is 6.02. The molecule has 2 aliphatic rings. The number of hydrogen-bond acceptors (Lipinski definition) is 3. The lowest BCUT2D eigenvalue weighted by atomic mass is 9.69. The van der Waals surface area contributed by atoms with Crippen LogP contribution in [0.15, 0.2) is 103 Å². The first-order valence-electron chi connectivity index (χ1n) is 12.1. The standard InChI is InChI=1S/C31H25ClN2O2/c1-19-11-13-20(14-12-19)26-27(29(35)22-15-17-23(32)18-16-22)31(34-28(26)21-7-3-2-4-8-21)24-9-5-6-10-25(24)33-30(31)36/h2-18,26-28,34H,1H3,(H,33,36)/t26-,27?,28+,31?/m0/s1. The van der Waals surface area contributed by atoms with Crippen molar-refractivity contribution in [3.63, 3.8) is 0 Å². The molecule has 36 heavy (non-hydrogen) atoms. The molecular weight excluding hydrogens is 468 g/mol. The summed E-state index contributed by atoms with van der Waals surface area (Å²) in [6, 6.07) is 32.7. The van der Waals surface area contributed by atoms with E-state index in [-0.39, 0.29) is 23.7 Å². The van der Waals surface area contributed by atoms with Crippen LogP contribution in [0.5, 0.6) is 0 Å². The number of Topliss-reactive ketones (excluding diaryl/α,β-unsaturated/α-hetero) is 1. The van der Waals surface area contributed by atoms with Crippen molar-refractivity contribution in [2.75, 3.05) is 5.32 Å². The predicted molar refractivity (Wildman–Crippen MR) is 142 cm³/mol. The number of para-hydroxylation sites is 1. The van der Waals surface area contributed by atoms with Crippen molar-refractivity contribution in [3.8, 4) is 0 Å². The average molecular weight is 493 g/mol. The number of nitrogens with one attached hydrogen (secondary N) is 2. The first-order chi connectivity index (χ1) is 17.5. The van der Waals surface area contributed by atoms with Crippen molar-refractivity contribution in [1.82, 2.24) is 5.32 Å². The molecule has 1 saturated heterocycles. The molecule has 1 amide bonds. The SMILES string of the molecule is Cc1ccc([C@H]2C(C(=O)c3ccc(Cl)cc3)C3(N[C@@H]2c2ccccc2)C(=O)Nc2ccccc23)cc1. The van der Waals surface area contributed by atoms with Crippen molar-refractivity contribution in [1.29, 1.82) is 0 Å². The largest absolute Gasteiger partial charge is 0.324 e. The number of fused-ring (bicyclic) bond motifs is 2. The van der Waals surface area contributed by atoms with Gasteiger partial charge in [-0.2, -0.15) is 0 Å². The molecule has 1 spiro atoms. The summed E-state index contributed by atoms with van der Waals surface area (Å²) in [5.74, 6) is -1.26. The van der Waals surface area contributed by atoms with Gasteiger partial charge in [0.05, 0.1) is 5.92 Å². The second kappa shape index (κ2) is 8.74. The van der Waals surface area contributed by atoms with E-state index in [2.05, 4.69) is 47.0 Å². The Hall–Kier alpha value is -3.73. The Labute approximate surface area is 215 Å². The number of amides is 1. The second-order valence-corrected chi connectivity index (χ2v) is 10.1. The van der Waals surface area contributed by atoms with E-state index in [0.29, 0.717) is 10.6 Å². The molecular formula is C31H25ClN2O2. The number of benzene rings is 4. The number of halogens is 1. The normalized spacial score (nSPS) is 24.5. The summed E-state index contributed by atoms with van der Waals surface area (Å²) in [5, 5.41) is 7.32. The van der Waals surface area contributed by atoms with Gasteiger partial charge in [0, 0.05) is 33.8 Å². The minimum atomic E-state index is -1.22. The Kier molecular flexibility index (Phi) is 5.51. The molecule has 0 radical (unpaired) electrons. The van der Waals surface area contributed by atoms with Crippen LogP contribution >= 0.6 is 11.6 Å². The Bertz CT molecular complexity index is 1450. The summed E-state index contributed by atoms with van der Waals surface area (Å²) in [5.41, 5.74) is 4.05. The molecule has 2 unspecified atom stereocenters. The van der Waals surface area contributed by atoms with E-state index in [1.165, 1.54) is 0 Å². The Morgan fingerprint density at radius 2 is 1.47 bits per heavy atom. The molecule has 4 nitrogen and oxygen atoms in total. The van der Waals surface area contributed by atoms with Gasteiger partial charge in [-0.05, 0) is 48.4 Å². The minimum Gasteiger partial charge on any atom is -0.324 e. The number of hydrogen-bond donors (Lipinski definition) is 2. The summed E-state index contributed by atoms with van der Waals surface area (Å²) >= 11 is 6.14. The average Bonchev–Trinajstić information content (AvgIpc) is 3.40. The molecule has 0 saturated carbocycles. The topological polar surface area (TPSA) is 58.2 Å². The monoisotopic (exact) mass is 492 g/mol. The maximum atomic E-state index is 14.4. The third kappa shape index (κ3) is 3.48. The molecule has 178 valence electrons. The molecule has 6 rings (SSSR count). The Morgan fingerprint density at radius 3 is 2.19 bits per heavy atom. The zero-order chi connectivity index (χ0) is 24.9. The summed E-state index contributed by atoms with van der Waals surface area (Å²) in [7, 11) is 0. The fraction of sp³-hybridized carbons (Fsp3) is 0.161. The van der Waals surface area contributed by atoms with Gasteiger partial charge in [0.2, 0.25) is 5.91 Å². The number of carbonyl (C=O) groups is 2. The zero-order valence-corrected chi connectivity index (χ0v) is 20.5. The van der Waals surface area contributed by atoms with Crippen LogP contribution in [0.25, 0.3) is 0 Å². The summed E-state index contributed by atoms with van der Waals surface area (Å²) in [6.45, 7) is 2.05. The van der Waals surface area contributed by atoms with Gasteiger partial charge in [0.15, 0.2) is 5.78 Å². The van der Waals surface area contributed by atoms with Crippen molar-refractivity contribution in [2.45, 2.75) is 24.4 Å². The molecule has 5 heteroatoms. The van der Waals surface area contributed by atoms with Crippen molar-refractivity contribution in [2.24, 2.45) is 5.92 Å². The van der Waals surface area contributed by atoms with E-state index in [0.717, 1.165) is 27.9 Å². The van der Waals surface area contributed by atoms with E-state index in [9.17, 15) is 9.59 Å². The summed E-state index contributed by atoms with van der Waals surface area (Å²) in [4.78, 5) is 28.4. The van der Waals surface area contributed by atoms with E-state index in [4.69, 9.17) is 11.6 Å². The lowest BCUT2D eigenvalue weighted by Gasteiger charge is -2.31. The van der Waals surface area contributed by atoms with E-state index >= 15 is 0 Å². The van der Waals surface area contributed by atoms with Crippen LogP contribution in [0, 0.1) is 12.8 Å². The molecule has 0 aromatic heterocycles. The number of anilines is 1. The molecule has 0 bridgehead atoms. The van der Waals surface area contributed by atoms with Gasteiger partial charge in [-0.15, -0.1) is 0 Å². The predicted octanol–water partition coefficient (Wildman–Crippen LogP) is 6.42. The zero-order valence-electron chi connectivity index (χ0n) is 19.7. The highest BCUT2D eigenvalue weighted by Gasteiger charge is 2.64. The lowest BCUT2D eigenvalue weighted by molar-refractivity contribution is -0.122. The van der Waals surface area contributed by atoms with Gasteiger partial charge in [-0.3, -0.25) is 14.9 Å². The minimum absolute atomic E-state index is 0.0879. The third-order valence-electron chi connectivity index (χ3n) is 7.56. The van der Waals surface area contributed by atoms with Crippen molar-refractivity contribution < 1.29 is 9.59 Å². The van der Waals surface area contributed by atoms with Crippen LogP contribution in [-0.2, 0) is 10.3 Å². The van der Waals surface area contributed by atoms with Crippen LogP contribution in [-0.4, -0.2) is 11.7 Å². The van der Waals surface area contributed by atoms with E-state index in [1.54, 1.807) is 24.3 Å². The van der Waals surface area contributed by atoms with Gasteiger partial charge in [0.1, 0.15) is 5.54 Å². The fourth-order valence-electron chi connectivity index (χ4n) is 5.90. The van der Waals surface area contributed by atoms with Crippen LogP contribution in [0.2, 0.25) is 5.02 Å². The summed E-state index contributed by atoms with van der Waals surface area (Å²) in [6.07, 6.45) is 0. The van der Waals surface area contributed by atoms with Gasteiger partial charge in [-0.1, -0.05) is 90.0 Å². The first kappa shape index (κ1) is 22.7. The third-order valence-corrected chi connectivity index (χ3v) is 7.81. The highest BCUT2D eigenvalue weighted by molar-refractivity contribution is 6.30. The molecule has 4 aromatic carbocycles. The smallest absolute Gasteiger partial charge is 0.250 e. The molecule has 4 aromatic rings. The molecule has 2 N–H and O–H groups in total. The number of rotatable bonds is 4. The van der Waals surface area contributed by atoms with Gasteiger partial charge < -0.3 is 5.32 Å². The number of aryl methyl sites for hydroxylation is 1. The van der Waals surface area contributed by atoms with E-state index < -0.39 is 11.5 Å². The Morgan fingerprint density at radius 1 is 0.806 bits per heavy atom. The molecule has 2 heterocycles. The van der Waals surface area contributed by atoms with Crippen molar-refractivity contribution >= 4 is 29.0 Å². The molecule has 0 aliphatic carbocycles. The highest BCUT2D eigenvalue weighted by Crippen LogP contribution is 2.57. The maximum absolute atomic E-state index is 14.4.